The summed E-state index contributed by atoms with van der Waals surface area (Å²) in [6.07, 6.45) is 37.6. The van der Waals surface area contributed by atoms with Crippen molar-refractivity contribution in [2.45, 2.75) is 185 Å². The molecule has 1 fully saturated rings. The predicted molar refractivity (Wildman–Crippen MR) is 224 cm³/mol. The highest BCUT2D eigenvalue weighted by Gasteiger charge is 2.44. The number of hydrogen-bond acceptors (Lipinski definition) is 10. The van der Waals surface area contributed by atoms with Crippen LogP contribution in [0.1, 0.15) is 149 Å². The van der Waals surface area contributed by atoms with Gasteiger partial charge in [0.1, 0.15) is 31.0 Å². The summed E-state index contributed by atoms with van der Waals surface area (Å²) in [5, 5.41) is 40.0. The van der Waals surface area contributed by atoms with Gasteiger partial charge in [-0.2, -0.15) is 0 Å². The van der Waals surface area contributed by atoms with E-state index < -0.39 is 55.4 Å². The van der Waals surface area contributed by atoms with Crippen LogP contribution in [0.2, 0.25) is 0 Å². The van der Waals surface area contributed by atoms with E-state index in [1.165, 1.54) is 19.3 Å². The molecule has 56 heavy (non-hydrogen) atoms. The first-order chi connectivity index (χ1) is 27.3. The van der Waals surface area contributed by atoms with Crippen LogP contribution < -0.4 is 0 Å². The highest BCUT2D eigenvalue weighted by atomic mass is 16.7. The van der Waals surface area contributed by atoms with E-state index in [9.17, 15) is 30.0 Å². The van der Waals surface area contributed by atoms with Gasteiger partial charge in [-0.1, -0.05) is 132 Å². The SMILES string of the molecule is CCC/C=C/C/C=C/C/C=C/C/C=C/CCCCCC(=O)OC[C@@H](CO[C@H]1O[C@@H](CO)[C@@H](O)C(O)C1O)OC(=O)CCCCCCC/C=C/C/C=C/CCCC. The number of allylic oxidation sites excluding steroid dienone is 12. The molecule has 1 saturated heterocycles. The Bertz CT molecular complexity index is 1140. The van der Waals surface area contributed by atoms with Gasteiger partial charge in [-0.05, 0) is 77.0 Å². The normalized spacial score (nSPS) is 21.1. The average molecular weight is 789 g/mol. The Kier molecular flexibility index (Phi) is 33.3. The highest BCUT2D eigenvalue weighted by molar-refractivity contribution is 5.70. The monoisotopic (exact) mass is 789 g/mol. The number of hydrogen-bond donors (Lipinski definition) is 4. The van der Waals surface area contributed by atoms with Crippen LogP contribution in [0.4, 0.5) is 0 Å². The second-order valence-corrected chi connectivity index (χ2v) is 14.4. The molecule has 2 unspecified atom stereocenters. The van der Waals surface area contributed by atoms with Crippen molar-refractivity contribution < 1.29 is 49.0 Å². The van der Waals surface area contributed by atoms with Gasteiger partial charge in [0.05, 0.1) is 13.2 Å². The third-order valence-corrected chi connectivity index (χ3v) is 9.29. The number of carbonyl (C=O) groups is 2. The van der Waals surface area contributed by atoms with E-state index in [0.717, 1.165) is 89.9 Å². The third-order valence-electron chi connectivity index (χ3n) is 9.29. The molecule has 10 nitrogen and oxygen atoms in total. The zero-order valence-electron chi connectivity index (χ0n) is 34.6. The van der Waals surface area contributed by atoms with E-state index >= 15 is 0 Å². The molecule has 320 valence electrons. The minimum Gasteiger partial charge on any atom is -0.462 e. The lowest BCUT2D eigenvalue weighted by atomic mass is 9.99. The van der Waals surface area contributed by atoms with Crippen LogP contribution in [0.5, 0.6) is 0 Å². The Morgan fingerprint density at radius 2 is 1.04 bits per heavy atom. The van der Waals surface area contributed by atoms with Gasteiger partial charge in [0.15, 0.2) is 12.4 Å². The molecule has 0 radical (unpaired) electrons. The number of carbonyl (C=O) groups excluding carboxylic acids is 2. The van der Waals surface area contributed by atoms with Gasteiger partial charge in [0, 0.05) is 12.8 Å². The maximum Gasteiger partial charge on any atom is 0.306 e. The van der Waals surface area contributed by atoms with Gasteiger partial charge in [-0.15, -0.1) is 0 Å². The molecule has 1 heterocycles. The van der Waals surface area contributed by atoms with E-state index in [1.807, 2.05) is 0 Å². The van der Waals surface area contributed by atoms with Crippen LogP contribution in [-0.4, -0.2) is 89.0 Å². The smallest absolute Gasteiger partial charge is 0.306 e. The van der Waals surface area contributed by atoms with E-state index in [2.05, 4.69) is 86.8 Å². The zero-order valence-corrected chi connectivity index (χ0v) is 34.6. The van der Waals surface area contributed by atoms with Gasteiger partial charge < -0.3 is 39.4 Å². The number of aliphatic hydroxyl groups is 4. The standard InChI is InChI=1S/C46H76O10/c1-3-5-7-9-11-13-15-17-19-20-21-23-24-26-28-30-32-34-41(48)53-37-39(38-54-46-45(52)44(51)43(50)40(36-47)56-46)55-42(49)35-33-31-29-27-25-22-18-16-14-12-10-8-6-4-2/h7,9-10,12-13,15-16,18-20,23-24,39-40,43-47,50-52H,3-6,8,11,14,17,21-22,25-38H2,1-2H3/b9-7+,12-10+,15-13+,18-16+,20-19+,24-23+/t39-,40-,43+,44?,45?,46-/m0/s1. The Hall–Kier alpha value is -2.86. The first-order valence-corrected chi connectivity index (χ1v) is 21.5. The van der Waals surface area contributed by atoms with Crippen molar-refractivity contribution >= 4 is 11.9 Å². The van der Waals surface area contributed by atoms with E-state index in [-0.39, 0.29) is 26.1 Å². The van der Waals surface area contributed by atoms with Gasteiger partial charge in [-0.25, -0.2) is 0 Å². The van der Waals surface area contributed by atoms with Crippen LogP contribution in [0.25, 0.3) is 0 Å². The minimum absolute atomic E-state index is 0.202. The molecule has 4 N–H and O–H groups in total. The predicted octanol–water partition coefficient (Wildman–Crippen LogP) is 8.83. The van der Waals surface area contributed by atoms with Crippen molar-refractivity contribution in [3.05, 3.63) is 72.9 Å². The van der Waals surface area contributed by atoms with Crippen molar-refractivity contribution in [1.82, 2.24) is 0 Å². The molecule has 0 aromatic heterocycles. The van der Waals surface area contributed by atoms with E-state index in [0.29, 0.717) is 12.8 Å². The summed E-state index contributed by atoms with van der Waals surface area (Å²) in [5.74, 6) is -0.867. The van der Waals surface area contributed by atoms with Crippen LogP contribution in [0.3, 0.4) is 0 Å². The van der Waals surface area contributed by atoms with E-state index in [1.54, 1.807) is 0 Å². The van der Waals surface area contributed by atoms with Gasteiger partial charge in [0.25, 0.3) is 0 Å². The summed E-state index contributed by atoms with van der Waals surface area (Å²) in [7, 11) is 0. The lowest BCUT2D eigenvalue weighted by Gasteiger charge is -2.39. The maximum absolute atomic E-state index is 12.7. The Balaban J connectivity index is 2.39. The number of unbranched alkanes of at least 4 members (excludes halogenated alkanes) is 11. The summed E-state index contributed by atoms with van der Waals surface area (Å²) >= 11 is 0. The fourth-order valence-corrected chi connectivity index (χ4v) is 5.84. The molecule has 6 atom stereocenters. The Labute approximate surface area is 338 Å². The van der Waals surface area contributed by atoms with Gasteiger partial charge in [-0.3, -0.25) is 9.59 Å². The quantitative estimate of drug-likeness (QED) is 0.0283. The van der Waals surface area contributed by atoms with Crippen LogP contribution in [0, 0.1) is 0 Å². The summed E-state index contributed by atoms with van der Waals surface area (Å²) in [6, 6.07) is 0. The molecule has 0 bridgehead atoms. The molecule has 1 aliphatic heterocycles. The number of rotatable bonds is 34. The maximum atomic E-state index is 12.7. The van der Waals surface area contributed by atoms with Gasteiger partial charge >= 0.3 is 11.9 Å². The summed E-state index contributed by atoms with van der Waals surface area (Å²) in [4.78, 5) is 25.3. The fraction of sp³-hybridized carbons (Fsp3) is 0.696. The molecule has 0 saturated carbocycles. The van der Waals surface area contributed by atoms with Crippen molar-refractivity contribution in [2.75, 3.05) is 19.8 Å². The summed E-state index contributed by atoms with van der Waals surface area (Å²) in [5.41, 5.74) is 0. The molecule has 0 amide bonds. The lowest BCUT2D eigenvalue weighted by molar-refractivity contribution is -0.305. The van der Waals surface area contributed by atoms with Crippen molar-refractivity contribution in [1.29, 1.82) is 0 Å². The Morgan fingerprint density at radius 1 is 0.554 bits per heavy atom. The lowest BCUT2D eigenvalue weighted by Crippen LogP contribution is -2.59. The van der Waals surface area contributed by atoms with Gasteiger partial charge in [0.2, 0.25) is 0 Å². The minimum atomic E-state index is -1.61. The van der Waals surface area contributed by atoms with Crippen molar-refractivity contribution in [2.24, 2.45) is 0 Å². The second-order valence-electron chi connectivity index (χ2n) is 14.4. The molecular formula is C46H76O10. The fourth-order valence-electron chi connectivity index (χ4n) is 5.84. The first kappa shape index (κ1) is 51.2. The molecule has 0 spiro atoms. The molecule has 10 heteroatoms. The number of ether oxygens (including phenoxy) is 4. The first-order valence-electron chi connectivity index (χ1n) is 21.5. The topological polar surface area (TPSA) is 152 Å². The molecule has 0 aliphatic carbocycles. The highest BCUT2D eigenvalue weighted by Crippen LogP contribution is 2.22. The van der Waals surface area contributed by atoms with Crippen molar-refractivity contribution in [3.63, 3.8) is 0 Å². The van der Waals surface area contributed by atoms with E-state index in [4.69, 9.17) is 18.9 Å². The number of esters is 2. The average Bonchev–Trinajstić information content (AvgIpc) is 3.19. The largest absolute Gasteiger partial charge is 0.462 e. The number of aliphatic hydroxyl groups excluding tert-OH is 4. The van der Waals surface area contributed by atoms with Crippen molar-refractivity contribution in [3.8, 4) is 0 Å². The van der Waals surface area contributed by atoms with Crippen LogP contribution in [-0.2, 0) is 28.5 Å². The second kappa shape index (κ2) is 36.5. The van der Waals surface area contributed by atoms with Crippen LogP contribution in [0.15, 0.2) is 72.9 Å². The zero-order chi connectivity index (χ0) is 40.9. The summed E-state index contributed by atoms with van der Waals surface area (Å²) in [6.45, 7) is 3.24. The Morgan fingerprint density at radius 3 is 1.59 bits per heavy atom. The van der Waals surface area contributed by atoms with Crippen LogP contribution >= 0.6 is 0 Å². The third kappa shape index (κ3) is 27.7. The molecule has 1 rings (SSSR count). The molecule has 0 aromatic carbocycles. The molecule has 1 aliphatic rings. The summed E-state index contributed by atoms with van der Waals surface area (Å²) < 4.78 is 22.1. The molecule has 0 aromatic rings. The molecular weight excluding hydrogens is 712 g/mol.